The third-order valence-electron chi connectivity index (χ3n) is 13.1. The number of hydrogen-bond acceptors (Lipinski definition) is 1. The van der Waals surface area contributed by atoms with Crippen molar-refractivity contribution in [3.05, 3.63) is 217 Å². The average molecular weight is 769 g/mol. The highest BCUT2D eigenvalue weighted by molar-refractivity contribution is 6.09. The first kappa shape index (κ1) is 35.8. The number of benzene rings is 8. The summed E-state index contributed by atoms with van der Waals surface area (Å²) in [5.41, 5.74) is 18.4. The van der Waals surface area contributed by atoms with Crippen molar-refractivity contribution in [1.29, 1.82) is 0 Å². The predicted molar refractivity (Wildman–Crippen MR) is 255 cm³/mol. The van der Waals surface area contributed by atoms with Crippen LogP contribution in [0, 0.1) is 0 Å². The standard InChI is InChI=1S/C58H44N2/c1-3-58(4-2)53-34-39(24-31-47(53)48-32-30-46(37-54(48)58)60-56-20-12-10-18-49(56)50-19-11-13-21-57(50)60)22-23-40-25-33-55(59-38-40)52-36-45-17-9-8-16-44(45)35-51(52)43-28-26-42(27-29-43)41-14-6-5-7-15-41/h5-38H,3-4H2,1-2H3/b23-22+. The van der Waals surface area contributed by atoms with E-state index in [9.17, 15) is 0 Å². The van der Waals surface area contributed by atoms with Gasteiger partial charge in [-0.2, -0.15) is 0 Å². The van der Waals surface area contributed by atoms with Gasteiger partial charge in [0.15, 0.2) is 0 Å². The van der Waals surface area contributed by atoms with Gasteiger partial charge in [-0.3, -0.25) is 4.98 Å². The van der Waals surface area contributed by atoms with Crippen LogP contribution in [0.3, 0.4) is 0 Å². The van der Waals surface area contributed by atoms with Gasteiger partial charge in [-0.15, -0.1) is 0 Å². The minimum Gasteiger partial charge on any atom is -0.309 e. The molecule has 8 aromatic carbocycles. The van der Waals surface area contributed by atoms with E-state index in [1.54, 1.807) is 0 Å². The summed E-state index contributed by atoms with van der Waals surface area (Å²) in [5.74, 6) is 0. The number of fused-ring (bicyclic) bond motifs is 7. The van der Waals surface area contributed by atoms with E-state index in [4.69, 9.17) is 4.98 Å². The van der Waals surface area contributed by atoms with Gasteiger partial charge in [0.05, 0.1) is 16.7 Å². The summed E-state index contributed by atoms with van der Waals surface area (Å²) in [6, 6.07) is 68.8. The van der Waals surface area contributed by atoms with Crippen LogP contribution in [0.15, 0.2) is 194 Å². The van der Waals surface area contributed by atoms with Crippen LogP contribution < -0.4 is 0 Å². The van der Waals surface area contributed by atoms with Crippen LogP contribution in [-0.2, 0) is 5.41 Å². The van der Waals surface area contributed by atoms with Crippen LogP contribution in [-0.4, -0.2) is 9.55 Å². The Hall–Kier alpha value is -7.29. The number of nitrogens with zero attached hydrogens (tertiary/aromatic N) is 2. The van der Waals surface area contributed by atoms with E-state index in [0.29, 0.717) is 0 Å². The van der Waals surface area contributed by atoms with Gasteiger partial charge >= 0.3 is 0 Å². The van der Waals surface area contributed by atoms with E-state index in [0.717, 1.165) is 29.7 Å². The Kier molecular flexibility index (Phi) is 8.67. The quantitative estimate of drug-likeness (QED) is 0.151. The van der Waals surface area contributed by atoms with Gasteiger partial charge in [0, 0.05) is 33.6 Å². The van der Waals surface area contributed by atoms with Gasteiger partial charge in [0.1, 0.15) is 0 Å². The van der Waals surface area contributed by atoms with Crippen LogP contribution in [0.4, 0.5) is 0 Å². The second-order valence-electron chi connectivity index (χ2n) is 16.2. The van der Waals surface area contributed by atoms with E-state index >= 15 is 0 Å². The van der Waals surface area contributed by atoms with E-state index < -0.39 is 0 Å². The van der Waals surface area contributed by atoms with Gasteiger partial charge in [-0.1, -0.05) is 172 Å². The molecule has 60 heavy (non-hydrogen) atoms. The summed E-state index contributed by atoms with van der Waals surface area (Å²) in [7, 11) is 0. The summed E-state index contributed by atoms with van der Waals surface area (Å²) in [6.45, 7) is 4.71. The Bertz CT molecular complexity index is 3200. The highest BCUT2D eigenvalue weighted by Crippen LogP contribution is 2.53. The van der Waals surface area contributed by atoms with Crippen molar-refractivity contribution in [3.63, 3.8) is 0 Å². The Morgan fingerprint density at radius 3 is 1.67 bits per heavy atom. The van der Waals surface area contributed by atoms with Gasteiger partial charge in [-0.05, 0) is 122 Å². The van der Waals surface area contributed by atoms with Crippen molar-refractivity contribution in [2.75, 3.05) is 0 Å². The molecule has 10 aromatic rings. The molecule has 0 saturated carbocycles. The normalized spacial score (nSPS) is 13.0. The van der Waals surface area contributed by atoms with E-state index in [1.165, 1.54) is 88.3 Å². The van der Waals surface area contributed by atoms with Crippen molar-refractivity contribution >= 4 is 44.7 Å². The zero-order valence-corrected chi connectivity index (χ0v) is 33.9. The molecule has 2 heteroatoms. The molecule has 0 amide bonds. The first-order valence-electron chi connectivity index (χ1n) is 21.2. The molecular weight excluding hydrogens is 725 g/mol. The van der Waals surface area contributed by atoms with Crippen molar-refractivity contribution in [2.24, 2.45) is 0 Å². The SMILES string of the molecule is CCC1(CC)c2cc(/C=C/c3ccc(-c4cc5ccccc5cc4-c4ccc(-c5ccccc5)cc4)nc3)ccc2-c2ccc(-n3c4ccccc4c4ccccc43)cc21. The lowest BCUT2D eigenvalue weighted by molar-refractivity contribution is 0.490. The molecule has 1 aliphatic rings. The zero-order chi connectivity index (χ0) is 40.2. The lowest BCUT2D eigenvalue weighted by atomic mass is 9.73. The molecule has 0 aliphatic heterocycles. The first-order chi connectivity index (χ1) is 29.6. The van der Waals surface area contributed by atoms with Gasteiger partial charge in [-0.25, -0.2) is 0 Å². The molecule has 0 unspecified atom stereocenters. The predicted octanol–water partition coefficient (Wildman–Crippen LogP) is 15.6. The summed E-state index contributed by atoms with van der Waals surface area (Å²) < 4.78 is 2.45. The average Bonchev–Trinajstić information content (AvgIpc) is 3.80. The van der Waals surface area contributed by atoms with E-state index in [1.807, 2.05) is 6.20 Å². The summed E-state index contributed by atoms with van der Waals surface area (Å²) >= 11 is 0. The molecule has 1 aliphatic carbocycles. The molecule has 286 valence electrons. The maximum Gasteiger partial charge on any atom is 0.0708 e. The second kappa shape index (κ2) is 14.5. The van der Waals surface area contributed by atoms with Crippen molar-refractivity contribution in [3.8, 4) is 50.3 Å². The Morgan fingerprint density at radius 2 is 1.00 bits per heavy atom. The maximum atomic E-state index is 5.07. The third-order valence-corrected chi connectivity index (χ3v) is 13.1. The van der Waals surface area contributed by atoms with Crippen LogP contribution >= 0.6 is 0 Å². The lowest BCUT2D eigenvalue weighted by Gasteiger charge is -2.30. The number of hydrogen-bond donors (Lipinski definition) is 0. The first-order valence-corrected chi connectivity index (χ1v) is 21.2. The van der Waals surface area contributed by atoms with Crippen LogP contribution in [0.2, 0.25) is 0 Å². The summed E-state index contributed by atoms with van der Waals surface area (Å²) in [4.78, 5) is 5.07. The molecule has 0 bridgehead atoms. The fourth-order valence-electron chi connectivity index (χ4n) is 9.98. The molecular formula is C58H44N2. The Morgan fingerprint density at radius 1 is 0.450 bits per heavy atom. The molecule has 0 radical (unpaired) electrons. The highest BCUT2D eigenvalue weighted by Gasteiger charge is 2.41. The van der Waals surface area contributed by atoms with Gasteiger partial charge in [0.25, 0.3) is 0 Å². The van der Waals surface area contributed by atoms with Crippen LogP contribution in [0.1, 0.15) is 48.9 Å². The third kappa shape index (κ3) is 5.82. The fourth-order valence-corrected chi connectivity index (χ4v) is 9.98. The minimum atomic E-state index is -0.0636. The van der Waals surface area contributed by atoms with E-state index in [2.05, 4.69) is 219 Å². The molecule has 11 rings (SSSR count). The molecule has 2 aromatic heterocycles. The van der Waals surface area contributed by atoms with Crippen molar-refractivity contribution in [1.82, 2.24) is 9.55 Å². The van der Waals surface area contributed by atoms with E-state index in [-0.39, 0.29) is 5.41 Å². The summed E-state index contributed by atoms with van der Waals surface area (Å²) in [6.07, 6.45) is 8.52. The molecule has 0 atom stereocenters. The fraction of sp³-hybridized carbons (Fsp3) is 0.0862. The number of rotatable bonds is 8. The monoisotopic (exact) mass is 768 g/mol. The minimum absolute atomic E-state index is 0.0636. The molecule has 2 heterocycles. The lowest BCUT2D eigenvalue weighted by Crippen LogP contribution is -2.23. The highest BCUT2D eigenvalue weighted by atomic mass is 15.0. The van der Waals surface area contributed by atoms with Crippen LogP contribution in [0.25, 0.3) is 95.1 Å². The topological polar surface area (TPSA) is 17.8 Å². The summed E-state index contributed by atoms with van der Waals surface area (Å²) in [5, 5.41) is 5.01. The van der Waals surface area contributed by atoms with Crippen molar-refractivity contribution in [2.45, 2.75) is 32.1 Å². The Labute approximate surface area is 351 Å². The number of aromatic nitrogens is 2. The van der Waals surface area contributed by atoms with Crippen molar-refractivity contribution < 1.29 is 0 Å². The second-order valence-corrected chi connectivity index (χ2v) is 16.2. The molecule has 2 nitrogen and oxygen atoms in total. The number of para-hydroxylation sites is 2. The largest absolute Gasteiger partial charge is 0.309 e. The molecule has 0 saturated heterocycles. The van der Waals surface area contributed by atoms with Gasteiger partial charge in [0.2, 0.25) is 0 Å². The maximum absolute atomic E-state index is 5.07. The molecule has 0 fully saturated rings. The molecule has 0 spiro atoms. The Balaban J connectivity index is 0.910. The zero-order valence-electron chi connectivity index (χ0n) is 33.9. The molecule has 0 N–H and O–H groups in total. The number of pyridine rings is 1. The van der Waals surface area contributed by atoms with Gasteiger partial charge < -0.3 is 4.57 Å². The smallest absolute Gasteiger partial charge is 0.0708 e. The van der Waals surface area contributed by atoms with Crippen LogP contribution in [0.5, 0.6) is 0 Å².